The molecule has 168 valence electrons. The second kappa shape index (κ2) is 10.3. The highest BCUT2D eigenvalue weighted by Gasteiger charge is 2.19. The molecule has 0 spiro atoms. The van der Waals surface area contributed by atoms with E-state index in [1.807, 2.05) is 19.1 Å². The zero-order chi connectivity index (χ0) is 22.5. The van der Waals surface area contributed by atoms with Crippen molar-refractivity contribution in [2.45, 2.75) is 66.0 Å². The van der Waals surface area contributed by atoms with Gasteiger partial charge in [0.2, 0.25) is 0 Å². The number of nitrogens with one attached hydrogen (secondary N) is 1. The Balaban J connectivity index is 1.66. The van der Waals surface area contributed by atoms with Crippen LogP contribution >= 0.6 is 0 Å². The molecule has 1 aliphatic heterocycles. The van der Waals surface area contributed by atoms with Crippen LogP contribution in [0.3, 0.4) is 0 Å². The Morgan fingerprint density at radius 1 is 1.16 bits per heavy atom. The molecule has 2 unspecified atom stereocenters. The fourth-order valence-electron chi connectivity index (χ4n) is 4.62. The molecule has 31 heavy (non-hydrogen) atoms. The van der Waals surface area contributed by atoms with E-state index in [9.17, 15) is 4.79 Å². The molecule has 0 saturated carbocycles. The molecule has 1 amide bonds. The van der Waals surface area contributed by atoms with Crippen molar-refractivity contribution in [3.63, 3.8) is 0 Å². The minimum Gasteiger partial charge on any atom is -0.496 e. The zero-order valence-electron chi connectivity index (χ0n) is 20.0. The van der Waals surface area contributed by atoms with Crippen LogP contribution in [0.1, 0.15) is 85.1 Å². The van der Waals surface area contributed by atoms with Crippen LogP contribution < -0.4 is 10.1 Å². The van der Waals surface area contributed by atoms with Crippen molar-refractivity contribution in [3.05, 3.63) is 64.2 Å². The summed E-state index contributed by atoms with van der Waals surface area (Å²) < 4.78 is 5.55. The highest BCUT2D eigenvalue weighted by atomic mass is 16.5. The molecule has 1 fully saturated rings. The van der Waals surface area contributed by atoms with E-state index in [2.05, 4.69) is 62.2 Å². The molecule has 4 nitrogen and oxygen atoms in total. The molecular formula is C27H38N2O2. The monoisotopic (exact) mass is 422 g/mol. The number of rotatable bonds is 7. The summed E-state index contributed by atoms with van der Waals surface area (Å²) in [7, 11) is 1.71. The normalized spacial score (nSPS) is 18.1. The average molecular weight is 423 g/mol. The summed E-state index contributed by atoms with van der Waals surface area (Å²) in [6, 6.07) is 12.3. The first-order chi connectivity index (χ1) is 14.8. The first kappa shape index (κ1) is 23.3. The number of amides is 1. The third-order valence-corrected chi connectivity index (χ3v) is 6.42. The van der Waals surface area contributed by atoms with E-state index in [-0.39, 0.29) is 11.9 Å². The molecule has 2 atom stereocenters. The molecule has 0 radical (unpaired) electrons. The highest BCUT2D eigenvalue weighted by Crippen LogP contribution is 2.32. The standard InChI is InChI=1S/C27H38N2O2/c1-18(2)24-15-25(20(4)14-26(24)31-6)21(5)28-27(30)23-11-9-22(10-12-23)17-29-13-7-8-19(3)16-29/h9-12,14-15,18-19,21H,7-8,13,16-17H2,1-6H3,(H,28,30). The van der Waals surface area contributed by atoms with Gasteiger partial charge in [-0.25, -0.2) is 0 Å². The van der Waals surface area contributed by atoms with Gasteiger partial charge in [-0.05, 0) is 91.6 Å². The number of benzene rings is 2. The van der Waals surface area contributed by atoms with Gasteiger partial charge in [-0.15, -0.1) is 0 Å². The van der Waals surface area contributed by atoms with Crippen molar-refractivity contribution >= 4 is 5.91 Å². The largest absolute Gasteiger partial charge is 0.496 e. The van der Waals surface area contributed by atoms with E-state index >= 15 is 0 Å². The van der Waals surface area contributed by atoms with Crippen molar-refractivity contribution in [1.29, 1.82) is 0 Å². The first-order valence-electron chi connectivity index (χ1n) is 11.6. The lowest BCUT2D eigenvalue weighted by Crippen LogP contribution is -2.33. The van der Waals surface area contributed by atoms with Gasteiger partial charge in [-0.1, -0.05) is 32.9 Å². The molecule has 0 aliphatic carbocycles. The van der Waals surface area contributed by atoms with Crippen molar-refractivity contribution in [2.75, 3.05) is 20.2 Å². The Labute approximate surface area is 188 Å². The maximum atomic E-state index is 12.9. The summed E-state index contributed by atoms with van der Waals surface area (Å²) in [5.74, 6) is 2.01. The quantitative estimate of drug-likeness (QED) is 0.608. The number of carbonyl (C=O) groups excluding carboxylic acids is 1. The van der Waals surface area contributed by atoms with Gasteiger partial charge in [0, 0.05) is 18.7 Å². The van der Waals surface area contributed by atoms with Gasteiger partial charge in [0.25, 0.3) is 5.91 Å². The van der Waals surface area contributed by atoms with Gasteiger partial charge in [-0.3, -0.25) is 9.69 Å². The van der Waals surface area contributed by atoms with Gasteiger partial charge in [0.1, 0.15) is 5.75 Å². The Morgan fingerprint density at radius 2 is 1.87 bits per heavy atom. The SMILES string of the molecule is COc1cc(C)c(C(C)NC(=O)c2ccc(CN3CCCC(C)C3)cc2)cc1C(C)C. The lowest BCUT2D eigenvalue weighted by Gasteiger charge is -2.30. The Bertz CT molecular complexity index is 889. The van der Waals surface area contributed by atoms with Crippen LogP contribution in [0.15, 0.2) is 36.4 Å². The molecule has 1 aliphatic rings. The van der Waals surface area contributed by atoms with Crippen molar-refractivity contribution in [3.8, 4) is 5.75 Å². The molecule has 0 aromatic heterocycles. The number of hydrogen-bond acceptors (Lipinski definition) is 3. The van der Waals surface area contributed by atoms with Crippen LogP contribution in [-0.4, -0.2) is 31.0 Å². The predicted molar refractivity (Wildman–Crippen MR) is 128 cm³/mol. The summed E-state index contributed by atoms with van der Waals surface area (Å²) in [5.41, 5.74) is 5.40. The fourth-order valence-corrected chi connectivity index (χ4v) is 4.62. The maximum absolute atomic E-state index is 12.9. The fraction of sp³-hybridized carbons (Fsp3) is 0.519. The van der Waals surface area contributed by atoms with Crippen molar-refractivity contribution in [2.24, 2.45) is 5.92 Å². The third-order valence-electron chi connectivity index (χ3n) is 6.42. The topological polar surface area (TPSA) is 41.6 Å². The number of aryl methyl sites for hydroxylation is 1. The van der Waals surface area contributed by atoms with E-state index in [1.165, 1.54) is 37.1 Å². The van der Waals surface area contributed by atoms with Crippen LogP contribution in [0.4, 0.5) is 0 Å². The van der Waals surface area contributed by atoms with Gasteiger partial charge in [0.15, 0.2) is 0 Å². The number of methoxy groups -OCH3 is 1. The summed E-state index contributed by atoms with van der Waals surface area (Å²) in [6.07, 6.45) is 2.61. The van der Waals surface area contributed by atoms with Crippen molar-refractivity contribution < 1.29 is 9.53 Å². The second-order valence-electron chi connectivity index (χ2n) is 9.48. The molecule has 3 rings (SSSR count). The average Bonchev–Trinajstić information content (AvgIpc) is 2.73. The van der Waals surface area contributed by atoms with E-state index in [0.29, 0.717) is 11.5 Å². The van der Waals surface area contributed by atoms with Crippen LogP contribution in [0, 0.1) is 12.8 Å². The molecule has 2 aromatic carbocycles. The number of hydrogen-bond donors (Lipinski definition) is 1. The summed E-state index contributed by atoms with van der Waals surface area (Å²) in [5, 5.41) is 3.17. The van der Waals surface area contributed by atoms with Crippen LogP contribution in [-0.2, 0) is 6.54 Å². The maximum Gasteiger partial charge on any atom is 0.251 e. The number of ether oxygens (including phenoxy) is 1. The van der Waals surface area contributed by atoms with E-state index < -0.39 is 0 Å². The number of carbonyl (C=O) groups is 1. The first-order valence-corrected chi connectivity index (χ1v) is 11.6. The smallest absolute Gasteiger partial charge is 0.251 e. The van der Waals surface area contributed by atoms with Gasteiger partial charge < -0.3 is 10.1 Å². The molecule has 1 heterocycles. The van der Waals surface area contributed by atoms with Gasteiger partial charge >= 0.3 is 0 Å². The lowest BCUT2D eigenvalue weighted by atomic mass is 9.93. The Morgan fingerprint density at radius 3 is 2.48 bits per heavy atom. The third kappa shape index (κ3) is 5.88. The minimum absolute atomic E-state index is 0.0352. The number of nitrogens with zero attached hydrogens (tertiary/aromatic N) is 1. The second-order valence-corrected chi connectivity index (χ2v) is 9.48. The highest BCUT2D eigenvalue weighted by molar-refractivity contribution is 5.94. The molecule has 2 aromatic rings. The van der Waals surface area contributed by atoms with Crippen LogP contribution in [0.25, 0.3) is 0 Å². The molecule has 0 bridgehead atoms. The Kier molecular flexibility index (Phi) is 7.77. The van der Waals surface area contributed by atoms with Crippen LogP contribution in [0.2, 0.25) is 0 Å². The summed E-state index contributed by atoms with van der Waals surface area (Å²) >= 11 is 0. The Hall–Kier alpha value is -2.33. The molecular weight excluding hydrogens is 384 g/mol. The van der Waals surface area contributed by atoms with E-state index in [1.54, 1.807) is 7.11 Å². The predicted octanol–water partition coefficient (Wildman–Crippen LogP) is 5.85. The summed E-state index contributed by atoms with van der Waals surface area (Å²) in [6.45, 7) is 14.1. The number of likely N-dealkylation sites (tertiary alicyclic amines) is 1. The van der Waals surface area contributed by atoms with Crippen LogP contribution in [0.5, 0.6) is 5.75 Å². The summed E-state index contributed by atoms with van der Waals surface area (Å²) in [4.78, 5) is 15.4. The molecule has 1 N–H and O–H groups in total. The number of piperidine rings is 1. The molecule has 1 saturated heterocycles. The van der Waals surface area contributed by atoms with E-state index in [4.69, 9.17) is 4.74 Å². The van der Waals surface area contributed by atoms with Gasteiger partial charge in [-0.2, -0.15) is 0 Å². The zero-order valence-corrected chi connectivity index (χ0v) is 20.0. The lowest BCUT2D eigenvalue weighted by molar-refractivity contribution is 0.0940. The van der Waals surface area contributed by atoms with Gasteiger partial charge in [0.05, 0.1) is 13.2 Å². The van der Waals surface area contributed by atoms with E-state index in [0.717, 1.165) is 29.3 Å². The minimum atomic E-state index is -0.0783. The van der Waals surface area contributed by atoms with Crippen molar-refractivity contribution in [1.82, 2.24) is 10.2 Å². The molecule has 4 heteroatoms.